The summed E-state index contributed by atoms with van der Waals surface area (Å²) in [6.45, 7) is 2.44. The van der Waals surface area contributed by atoms with Crippen LogP contribution in [-0.4, -0.2) is 95.9 Å². The van der Waals surface area contributed by atoms with Gasteiger partial charge in [-0.15, -0.1) is 0 Å². The number of carbonyl (C=O) groups excluding carboxylic acids is 3. The molecule has 0 saturated carbocycles. The molecule has 18 heteroatoms. The van der Waals surface area contributed by atoms with E-state index in [2.05, 4.69) is 179 Å². The lowest BCUT2D eigenvalue weighted by Gasteiger charge is -2.21. The molecule has 0 heterocycles. The summed E-state index contributed by atoms with van der Waals surface area (Å²) in [6.07, 6.45) is 110. The Labute approximate surface area is 689 Å². The number of hydrogen-bond donors (Lipinski definition) is 4. The average molecular weight is 1620 g/mol. The van der Waals surface area contributed by atoms with Crippen molar-refractivity contribution in [3.63, 3.8) is 0 Å². The molecule has 0 spiro atoms. The summed E-state index contributed by atoms with van der Waals surface area (Å²) in [5, 5.41) is 20.7. The predicted octanol–water partition coefficient (Wildman–Crippen LogP) is 27.3. The number of ether oxygens (including phenoxy) is 3. The molecule has 0 saturated heterocycles. The van der Waals surface area contributed by atoms with Crippen LogP contribution in [0.5, 0.6) is 0 Å². The van der Waals surface area contributed by atoms with Crippen LogP contribution in [0.15, 0.2) is 158 Å². The molecular weight excluding hydrogens is 1460 g/mol. The molecule has 0 aliphatic rings. The third-order valence-electron chi connectivity index (χ3n) is 18.7. The normalized spacial score (nSPS) is 14.6. The zero-order chi connectivity index (χ0) is 82.2. The predicted molar refractivity (Wildman–Crippen MR) is 472 cm³/mol. The highest BCUT2D eigenvalue weighted by molar-refractivity contribution is 7.47. The Kier molecular flexibility index (Phi) is 82.8. The molecule has 0 aromatic carbocycles. The highest BCUT2D eigenvalue weighted by atomic mass is 31.2. The Bertz CT molecular complexity index is 2680. The molecule has 4 N–H and O–H groups in total. The van der Waals surface area contributed by atoms with Crippen LogP contribution in [-0.2, 0) is 55.8 Å². The van der Waals surface area contributed by atoms with Crippen molar-refractivity contribution in [3.8, 4) is 0 Å². The first-order valence-corrected chi connectivity index (χ1v) is 47.8. The highest BCUT2D eigenvalue weighted by Gasteiger charge is 2.29. The minimum absolute atomic E-state index is 0.0859. The van der Waals surface area contributed by atoms with E-state index < -0.39 is 91.5 Å². The van der Waals surface area contributed by atoms with Gasteiger partial charge in [-0.3, -0.25) is 32.5 Å². The van der Waals surface area contributed by atoms with Gasteiger partial charge in [0.05, 0.1) is 26.4 Å². The summed E-state index contributed by atoms with van der Waals surface area (Å²) < 4.78 is 61.3. The molecular formula is C95H162O16P2. The maximum absolute atomic E-state index is 13.0. The van der Waals surface area contributed by atoms with Crippen molar-refractivity contribution in [2.24, 2.45) is 0 Å². The van der Waals surface area contributed by atoms with E-state index in [4.69, 9.17) is 32.3 Å². The summed E-state index contributed by atoms with van der Waals surface area (Å²) in [5.41, 5.74) is 0. The van der Waals surface area contributed by atoms with Crippen LogP contribution in [0.4, 0.5) is 0 Å². The smallest absolute Gasteiger partial charge is 0.463 e. The zero-order valence-corrected chi connectivity index (χ0v) is 73.0. The van der Waals surface area contributed by atoms with Gasteiger partial charge in [-0.25, -0.2) is 9.13 Å². The van der Waals surface area contributed by atoms with Gasteiger partial charge in [0.25, 0.3) is 0 Å². The van der Waals surface area contributed by atoms with Gasteiger partial charge in [0, 0.05) is 19.3 Å². The molecule has 113 heavy (non-hydrogen) atoms. The Morgan fingerprint density at radius 3 is 0.743 bits per heavy atom. The lowest BCUT2D eigenvalue weighted by atomic mass is 10.0. The molecule has 0 amide bonds. The number of phosphoric acid groups is 2. The lowest BCUT2D eigenvalue weighted by molar-refractivity contribution is -0.161. The molecule has 0 aromatic rings. The van der Waals surface area contributed by atoms with Crippen molar-refractivity contribution >= 4 is 33.6 Å². The quantitative estimate of drug-likeness (QED) is 0.0146. The van der Waals surface area contributed by atoms with Crippen LogP contribution in [0.1, 0.15) is 367 Å². The molecule has 648 valence electrons. The Morgan fingerprint density at radius 2 is 0.469 bits per heavy atom. The monoisotopic (exact) mass is 1620 g/mol. The van der Waals surface area contributed by atoms with Gasteiger partial charge in [0.2, 0.25) is 0 Å². The number of phosphoric ester groups is 2. The molecule has 0 aliphatic heterocycles. The van der Waals surface area contributed by atoms with E-state index in [0.717, 1.165) is 167 Å². The first kappa shape index (κ1) is 108. The molecule has 0 bridgehead atoms. The first-order valence-electron chi connectivity index (χ1n) is 44.8. The maximum Gasteiger partial charge on any atom is 0.472 e. The minimum atomic E-state index is -4.94. The maximum atomic E-state index is 13.0. The fraction of sp³-hybridized carbons (Fsp3) is 0.695. The average Bonchev–Trinajstić information content (AvgIpc) is 0.904. The van der Waals surface area contributed by atoms with E-state index in [-0.39, 0.29) is 19.3 Å². The van der Waals surface area contributed by atoms with Crippen molar-refractivity contribution in [1.82, 2.24) is 0 Å². The highest BCUT2D eigenvalue weighted by Crippen LogP contribution is 2.45. The van der Waals surface area contributed by atoms with Crippen LogP contribution < -0.4 is 0 Å². The molecule has 5 unspecified atom stereocenters. The molecule has 0 fully saturated rings. The van der Waals surface area contributed by atoms with Gasteiger partial charge in [0.15, 0.2) is 6.10 Å². The van der Waals surface area contributed by atoms with Crippen molar-refractivity contribution in [2.45, 2.75) is 386 Å². The SMILES string of the molecule is CC/C=C\C/C=C\C/C=C\C/C=C\C/C=C\C/C=C\CCCCCCCCCCCCCCCCCCC(=O)OCC(O)COP(=O)(O)OCC(O)COP(=O)(O)OCC(COC(=O)CCCCCCCCCCCCC/C=C\C/C=C\C/C=C\C/C=C\C/C=C\CC)OC(=O)CCCCCCC/C=C\C/C=C\CCCCC. The number of aliphatic hydroxyl groups is 2. The van der Waals surface area contributed by atoms with E-state index in [1.165, 1.54) is 141 Å². The fourth-order valence-corrected chi connectivity index (χ4v) is 13.6. The van der Waals surface area contributed by atoms with Crippen molar-refractivity contribution in [2.75, 3.05) is 39.6 Å². The second-order valence-electron chi connectivity index (χ2n) is 29.6. The largest absolute Gasteiger partial charge is 0.472 e. The van der Waals surface area contributed by atoms with Gasteiger partial charge < -0.3 is 34.2 Å². The van der Waals surface area contributed by atoms with Crippen LogP contribution >= 0.6 is 15.6 Å². The first-order chi connectivity index (χ1) is 55.2. The second kappa shape index (κ2) is 86.5. The van der Waals surface area contributed by atoms with Gasteiger partial charge in [-0.05, 0) is 148 Å². The summed E-state index contributed by atoms with van der Waals surface area (Å²) in [4.78, 5) is 58.8. The van der Waals surface area contributed by atoms with Crippen LogP contribution in [0.2, 0.25) is 0 Å². The van der Waals surface area contributed by atoms with Crippen LogP contribution in [0, 0.1) is 0 Å². The van der Waals surface area contributed by atoms with Gasteiger partial charge in [-0.1, -0.05) is 359 Å². The lowest BCUT2D eigenvalue weighted by Crippen LogP contribution is -2.30. The molecule has 5 atom stereocenters. The standard InChI is InChI=1S/C95H162O16P2/c1-4-7-10-13-16-19-22-25-28-30-32-34-36-38-40-41-42-43-44-45-46-47-49-51-52-54-56-58-61-63-66-69-72-75-78-81-93(98)105-84-90(96)85-107-112(101,102)108-86-91(97)87-109-113(103,104)110-89-92(111-95(100)83-80-77-74-71-68-65-60-27-24-21-18-15-12-9-6-3)88-106-94(99)82-79-76-73-70-67-64-62-59-57-55-53-50-48-39-37-35-33-31-29-26-23-20-17-14-11-8-5-2/h7-8,10-11,16-21,25-29,32-35,38-40,42-43,48,60,90-92,96-97H,4-6,9,12-15,22-24,30-31,36-37,41,44-47,49-59,61-89H2,1-3H3,(H,101,102)(H,103,104)/b10-7-,11-8-,19-16-,20-17-,21-18-,28-25-,29-26-,34-32-,35-33-,40-38-,43-42-,48-39-,60-27-. The fourth-order valence-electron chi connectivity index (χ4n) is 12.0. The zero-order valence-electron chi connectivity index (χ0n) is 71.3. The number of rotatable bonds is 84. The Balaban J connectivity index is 4.45. The van der Waals surface area contributed by atoms with E-state index in [1.807, 2.05) is 0 Å². The van der Waals surface area contributed by atoms with Gasteiger partial charge in [0.1, 0.15) is 25.4 Å². The molecule has 0 rings (SSSR count). The molecule has 0 aromatic heterocycles. The number of unbranched alkanes of at least 4 members (excludes halogenated alkanes) is 35. The Hall–Kier alpha value is -4.83. The number of esters is 3. The summed E-state index contributed by atoms with van der Waals surface area (Å²) in [5.74, 6) is -1.59. The minimum Gasteiger partial charge on any atom is -0.463 e. The number of aliphatic hydroxyl groups excluding tert-OH is 2. The van der Waals surface area contributed by atoms with Crippen molar-refractivity contribution < 1.29 is 75.8 Å². The van der Waals surface area contributed by atoms with Crippen LogP contribution in [0.25, 0.3) is 0 Å². The second-order valence-corrected chi connectivity index (χ2v) is 32.5. The topological polar surface area (TPSA) is 231 Å². The third-order valence-corrected chi connectivity index (χ3v) is 20.6. The van der Waals surface area contributed by atoms with E-state index in [1.54, 1.807) is 0 Å². The number of hydrogen-bond acceptors (Lipinski definition) is 14. The molecule has 0 aliphatic carbocycles. The van der Waals surface area contributed by atoms with E-state index >= 15 is 0 Å². The van der Waals surface area contributed by atoms with Crippen molar-refractivity contribution in [1.29, 1.82) is 0 Å². The molecule has 0 radical (unpaired) electrons. The van der Waals surface area contributed by atoms with Crippen LogP contribution in [0.3, 0.4) is 0 Å². The number of carbonyl (C=O) groups is 3. The summed E-state index contributed by atoms with van der Waals surface area (Å²) in [7, 11) is -9.81. The van der Waals surface area contributed by atoms with Gasteiger partial charge in [-0.2, -0.15) is 0 Å². The van der Waals surface area contributed by atoms with Crippen molar-refractivity contribution in [3.05, 3.63) is 158 Å². The number of allylic oxidation sites excluding steroid dienone is 26. The third kappa shape index (κ3) is 87.8. The Morgan fingerprint density at radius 1 is 0.257 bits per heavy atom. The van der Waals surface area contributed by atoms with E-state index in [0.29, 0.717) is 19.3 Å². The van der Waals surface area contributed by atoms with Gasteiger partial charge >= 0.3 is 33.6 Å². The summed E-state index contributed by atoms with van der Waals surface area (Å²) in [6, 6.07) is 0. The molecule has 16 nitrogen and oxygen atoms in total. The van der Waals surface area contributed by atoms with E-state index in [9.17, 15) is 43.5 Å². The summed E-state index contributed by atoms with van der Waals surface area (Å²) >= 11 is 0.